The van der Waals surface area contributed by atoms with Gasteiger partial charge in [0.1, 0.15) is 17.2 Å². The average Bonchev–Trinajstić information content (AvgIpc) is 3.47. The lowest BCUT2D eigenvalue weighted by atomic mass is 9.64. The van der Waals surface area contributed by atoms with Crippen molar-refractivity contribution in [2.45, 2.75) is 24.9 Å². The Kier molecular flexibility index (Phi) is 6.13. The highest BCUT2D eigenvalue weighted by atomic mass is 16.5. The standard InChI is InChI=1S/C36H27NO6/c1-21(38)43-28-17-9-12-22-18-19-29-36(34(40)26-15-6-7-16-27(26)35(36)41)30(24-13-8-14-25(20-24)42-2)32(37(29)31(22)28)33(39)23-10-4-3-5-11-23/h3-20,29-30,32H,1-2H3/t29?,30-,32+/m0/s1. The Morgan fingerprint density at radius 3 is 2.16 bits per heavy atom. The van der Waals surface area contributed by atoms with Gasteiger partial charge in [0.2, 0.25) is 0 Å². The van der Waals surface area contributed by atoms with Crippen molar-refractivity contribution in [3.05, 3.63) is 131 Å². The molecule has 0 bridgehead atoms. The van der Waals surface area contributed by atoms with E-state index in [4.69, 9.17) is 9.47 Å². The van der Waals surface area contributed by atoms with Gasteiger partial charge >= 0.3 is 5.97 Å². The van der Waals surface area contributed by atoms with Crippen LogP contribution < -0.4 is 14.4 Å². The minimum Gasteiger partial charge on any atom is -0.497 e. The monoisotopic (exact) mass is 569 g/mol. The Morgan fingerprint density at radius 2 is 1.49 bits per heavy atom. The zero-order valence-electron chi connectivity index (χ0n) is 23.5. The molecule has 4 aromatic rings. The van der Waals surface area contributed by atoms with Crippen LogP contribution in [0.3, 0.4) is 0 Å². The van der Waals surface area contributed by atoms with Crippen molar-refractivity contribution in [3.63, 3.8) is 0 Å². The molecule has 0 N–H and O–H groups in total. The molecule has 1 spiro atoms. The lowest BCUT2D eigenvalue weighted by molar-refractivity contribution is -0.131. The summed E-state index contributed by atoms with van der Waals surface area (Å²) < 4.78 is 11.2. The first kappa shape index (κ1) is 26.6. The first-order valence-electron chi connectivity index (χ1n) is 14.1. The van der Waals surface area contributed by atoms with Crippen LogP contribution in [0.1, 0.15) is 55.0 Å². The summed E-state index contributed by atoms with van der Waals surface area (Å²) in [7, 11) is 1.55. The molecular formula is C36H27NO6. The van der Waals surface area contributed by atoms with E-state index in [-0.39, 0.29) is 23.1 Å². The van der Waals surface area contributed by atoms with E-state index in [1.54, 1.807) is 86.0 Å². The number of esters is 1. The second-order valence-corrected chi connectivity index (χ2v) is 11.0. The topological polar surface area (TPSA) is 90.0 Å². The van der Waals surface area contributed by atoms with E-state index < -0.39 is 29.4 Å². The summed E-state index contributed by atoms with van der Waals surface area (Å²) in [6.45, 7) is 1.31. The van der Waals surface area contributed by atoms with E-state index in [1.807, 2.05) is 35.3 Å². The predicted octanol–water partition coefficient (Wildman–Crippen LogP) is 5.94. The van der Waals surface area contributed by atoms with Gasteiger partial charge in [-0.05, 0) is 23.8 Å². The Balaban J connectivity index is 1.57. The summed E-state index contributed by atoms with van der Waals surface area (Å²) in [5, 5.41) is 0. The van der Waals surface area contributed by atoms with Crippen LogP contribution in [-0.2, 0) is 4.79 Å². The lowest BCUT2D eigenvalue weighted by Gasteiger charge is -2.37. The zero-order chi connectivity index (χ0) is 29.9. The number of carbonyl (C=O) groups is 4. The second kappa shape index (κ2) is 9.91. The molecule has 43 heavy (non-hydrogen) atoms. The summed E-state index contributed by atoms with van der Waals surface area (Å²) in [6, 6.07) is 26.3. The number of nitrogens with zero attached hydrogens (tertiary/aromatic N) is 1. The Hall–Kier alpha value is -5.30. The Bertz CT molecular complexity index is 1820. The summed E-state index contributed by atoms with van der Waals surface area (Å²) in [4.78, 5) is 58.5. The zero-order valence-corrected chi connectivity index (χ0v) is 23.5. The molecule has 1 aliphatic carbocycles. The molecule has 4 aromatic carbocycles. The van der Waals surface area contributed by atoms with Gasteiger partial charge in [-0.1, -0.05) is 91.0 Å². The smallest absolute Gasteiger partial charge is 0.308 e. The number of rotatable bonds is 5. The summed E-state index contributed by atoms with van der Waals surface area (Å²) in [5.74, 6) is -1.57. The Labute approximate surface area is 248 Å². The number of Topliss-reactive ketones (excluding diaryl/α,β-unsaturated/α-hetero) is 3. The third-order valence-corrected chi connectivity index (χ3v) is 8.82. The van der Waals surface area contributed by atoms with Crippen molar-refractivity contribution in [1.29, 1.82) is 0 Å². The van der Waals surface area contributed by atoms with Crippen LogP contribution >= 0.6 is 0 Å². The fraction of sp³-hybridized carbons (Fsp3) is 0.167. The van der Waals surface area contributed by atoms with E-state index >= 15 is 0 Å². The maximum Gasteiger partial charge on any atom is 0.308 e. The molecule has 7 nitrogen and oxygen atoms in total. The number of anilines is 1. The van der Waals surface area contributed by atoms with Crippen molar-refractivity contribution in [1.82, 2.24) is 0 Å². The molecule has 7 rings (SSSR count). The molecule has 1 saturated heterocycles. The van der Waals surface area contributed by atoms with Crippen LogP contribution in [0.2, 0.25) is 0 Å². The predicted molar refractivity (Wildman–Crippen MR) is 161 cm³/mol. The number of hydrogen-bond acceptors (Lipinski definition) is 7. The SMILES string of the molecule is COc1cccc([C@H]2[C@H](C(=O)c3ccccc3)N3c4c(cccc4OC(C)=O)C=CC3C23C(=O)c2ccccc2C3=O)c1. The molecule has 3 aliphatic rings. The van der Waals surface area contributed by atoms with Gasteiger partial charge in [0.05, 0.1) is 18.8 Å². The molecule has 0 aromatic heterocycles. The first-order chi connectivity index (χ1) is 20.9. The van der Waals surface area contributed by atoms with Gasteiger partial charge in [0.15, 0.2) is 23.1 Å². The van der Waals surface area contributed by atoms with Crippen LogP contribution in [0.25, 0.3) is 6.08 Å². The van der Waals surface area contributed by atoms with E-state index in [9.17, 15) is 19.2 Å². The maximum atomic E-state index is 14.8. The molecule has 0 saturated carbocycles. The lowest BCUT2D eigenvalue weighted by Crippen LogP contribution is -2.48. The van der Waals surface area contributed by atoms with Crippen LogP contribution in [0.5, 0.6) is 11.5 Å². The van der Waals surface area contributed by atoms with Gasteiger partial charge in [-0.2, -0.15) is 0 Å². The highest BCUT2D eigenvalue weighted by Gasteiger charge is 2.71. The molecule has 0 radical (unpaired) electrons. The maximum absolute atomic E-state index is 14.8. The summed E-state index contributed by atoms with van der Waals surface area (Å²) in [5.41, 5.74) is 1.24. The molecule has 2 aliphatic heterocycles. The molecule has 7 heteroatoms. The summed E-state index contributed by atoms with van der Waals surface area (Å²) >= 11 is 0. The third kappa shape index (κ3) is 3.74. The van der Waals surface area contributed by atoms with Gasteiger partial charge < -0.3 is 14.4 Å². The van der Waals surface area contributed by atoms with Crippen LogP contribution in [-0.4, -0.2) is 42.5 Å². The van der Waals surface area contributed by atoms with E-state index in [1.165, 1.54) is 6.92 Å². The molecule has 0 amide bonds. The highest BCUT2D eigenvalue weighted by molar-refractivity contribution is 6.32. The fourth-order valence-electron chi connectivity index (χ4n) is 7.20. The van der Waals surface area contributed by atoms with Crippen molar-refractivity contribution < 1.29 is 28.7 Å². The quantitative estimate of drug-likeness (QED) is 0.127. The second-order valence-electron chi connectivity index (χ2n) is 11.0. The van der Waals surface area contributed by atoms with Gasteiger partial charge in [-0.25, -0.2) is 0 Å². The van der Waals surface area contributed by atoms with Crippen molar-refractivity contribution >= 4 is 35.1 Å². The number of fused-ring (bicyclic) bond motifs is 5. The number of hydrogen-bond donors (Lipinski definition) is 0. The number of benzene rings is 4. The van der Waals surface area contributed by atoms with Crippen molar-refractivity contribution in [2.24, 2.45) is 5.41 Å². The molecule has 2 heterocycles. The van der Waals surface area contributed by atoms with Gasteiger partial charge in [-0.3, -0.25) is 19.2 Å². The Morgan fingerprint density at radius 1 is 0.814 bits per heavy atom. The molecule has 3 atom stereocenters. The summed E-state index contributed by atoms with van der Waals surface area (Å²) in [6.07, 6.45) is 3.68. The van der Waals surface area contributed by atoms with Gasteiger partial charge in [0.25, 0.3) is 0 Å². The minimum absolute atomic E-state index is 0.252. The molecular weight excluding hydrogens is 542 g/mol. The molecule has 1 unspecified atom stereocenters. The normalized spacial score (nSPS) is 20.9. The molecule has 1 fully saturated rings. The fourth-order valence-corrected chi connectivity index (χ4v) is 7.20. The minimum atomic E-state index is -1.68. The highest BCUT2D eigenvalue weighted by Crippen LogP contribution is 2.62. The van der Waals surface area contributed by atoms with E-state index in [2.05, 4.69) is 0 Å². The number of methoxy groups -OCH3 is 1. The number of ether oxygens (including phenoxy) is 2. The largest absolute Gasteiger partial charge is 0.497 e. The third-order valence-electron chi connectivity index (χ3n) is 8.82. The average molecular weight is 570 g/mol. The number of carbonyl (C=O) groups excluding carboxylic acids is 4. The van der Waals surface area contributed by atoms with E-state index in [0.717, 1.165) is 0 Å². The molecule has 212 valence electrons. The number of para-hydroxylation sites is 1. The van der Waals surface area contributed by atoms with Gasteiger partial charge in [0, 0.05) is 35.1 Å². The van der Waals surface area contributed by atoms with Crippen molar-refractivity contribution in [2.75, 3.05) is 12.0 Å². The van der Waals surface area contributed by atoms with Crippen LogP contribution in [0.15, 0.2) is 103 Å². The van der Waals surface area contributed by atoms with Crippen molar-refractivity contribution in [3.8, 4) is 11.5 Å². The van der Waals surface area contributed by atoms with Crippen LogP contribution in [0, 0.1) is 5.41 Å². The number of ketones is 3. The van der Waals surface area contributed by atoms with Crippen LogP contribution in [0.4, 0.5) is 5.69 Å². The van der Waals surface area contributed by atoms with E-state index in [0.29, 0.717) is 39.3 Å². The first-order valence-corrected chi connectivity index (χ1v) is 14.1. The van der Waals surface area contributed by atoms with Gasteiger partial charge in [-0.15, -0.1) is 0 Å².